The predicted molar refractivity (Wildman–Crippen MR) is 73.7 cm³/mol. The van der Waals surface area contributed by atoms with Crippen molar-refractivity contribution in [1.29, 1.82) is 0 Å². The molecule has 0 radical (unpaired) electrons. The fraction of sp³-hybridized carbons (Fsp3) is 0.933. The topological polar surface area (TPSA) is 26.3 Å². The van der Waals surface area contributed by atoms with Gasteiger partial charge in [-0.15, -0.1) is 0 Å². The van der Waals surface area contributed by atoms with Crippen molar-refractivity contribution in [1.82, 2.24) is 0 Å². The van der Waals surface area contributed by atoms with E-state index in [-0.39, 0.29) is 6.42 Å². The fourth-order valence-electron chi connectivity index (χ4n) is 1.79. The minimum Gasteiger partial charge on any atom is -0.462 e. The normalized spacial score (nSPS) is 14.8. The van der Waals surface area contributed by atoms with E-state index in [1.807, 2.05) is 0 Å². The summed E-state index contributed by atoms with van der Waals surface area (Å²) < 4.78 is 68.0. The van der Waals surface area contributed by atoms with Crippen LogP contribution < -0.4 is 0 Å². The molecular formula is C15H25F5O2. The smallest absolute Gasteiger partial charge is 0.394 e. The van der Waals surface area contributed by atoms with Crippen molar-refractivity contribution in [2.24, 2.45) is 5.41 Å². The molecule has 0 saturated heterocycles. The zero-order chi connectivity index (χ0) is 17.6. The summed E-state index contributed by atoms with van der Waals surface area (Å²) in [6.45, 7) is 6.94. The lowest BCUT2D eigenvalue weighted by Crippen LogP contribution is -2.32. The Morgan fingerprint density at radius 2 is 1.59 bits per heavy atom. The zero-order valence-corrected chi connectivity index (χ0v) is 13.5. The molecule has 132 valence electrons. The van der Waals surface area contributed by atoms with E-state index in [9.17, 15) is 26.7 Å². The van der Waals surface area contributed by atoms with Crippen molar-refractivity contribution >= 4 is 5.97 Å². The van der Waals surface area contributed by atoms with Crippen molar-refractivity contribution in [3.05, 3.63) is 0 Å². The molecule has 0 N–H and O–H groups in total. The fourth-order valence-corrected chi connectivity index (χ4v) is 1.79. The third-order valence-electron chi connectivity index (χ3n) is 3.61. The highest BCUT2D eigenvalue weighted by molar-refractivity contribution is 5.75. The van der Waals surface area contributed by atoms with E-state index in [1.165, 1.54) is 0 Å². The number of esters is 1. The summed E-state index contributed by atoms with van der Waals surface area (Å²) in [5.74, 6) is -4.34. The third-order valence-corrected chi connectivity index (χ3v) is 3.61. The molecule has 0 aromatic carbocycles. The van der Waals surface area contributed by atoms with Crippen molar-refractivity contribution < 1.29 is 31.5 Å². The van der Waals surface area contributed by atoms with Crippen LogP contribution in [0.2, 0.25) is 0 Å². The Balaban J connectivity index is 4.63. The Hall–Kier alpha value is -0.880. The maximum atomic E-state index is 13.3. The lowest BCUT2D eigenvalue weighted by molar-refractivity contribution is -0.192. The zero-order valence-electron chi connectivity index (χ0n) is 13.5. The molecule has 0 saturated carbocycles. The highest BCUT2D eigenvalue weighted by Gasteiger charge is 2.43. The van der Waals surface area contributed by atoms with Gasteiger partial charge in [0.05, 0.1) is 5.41 Å². The van der Waals surface area contributed by atoms with Crippen LogP contribution in [0.25, 0.3) is 0 Å². The Bertz CT molecular complexity index is 350. The summed E-state index contributed by atoms with van der Waals surface area (Å²) in [5, 5.41) is 0. The number of rotatable bonds is 9. The van der Waals surface area contributed by atoms with Crippen LogP contribution in [-0.4, -0.2) is 24.2 Å². The van der Waals surface area contributed by atoms with Crippen LogP contribution in [0.4, 0.5) is 22.0 Å². The van der Waals surface area contributed by atoms with Crippen LogP contribution in [0.15, 0.2) is 0 Å². The number of ether oxygens (including phenoxy) is 1. The highest BCUT2D eigenvalue weighted by atomic mass is 19.4. The van der Waals surface area contributed by atoms with Gasteiger partial charge < -0.3 is 4.74 Å². The van der Waals surface area contributed by atoms with E-state index < -0.39 is 42.4 Å². The SMILES string of the molecule is CCCC(CCC(F)(F)CC(F)(F)F)OC(=O)C(C)(C)CC. The van der Waals surface area contributed by atoms with Gasteiger partial charge in [0.2, 0.25) is 0 Å². The maximum absolute atomic E-state index is 13.3. The van der Waals surface area contributed by atoms with Gasteiger partial charge in [-0.05, 0) is 33.1 Å². The second-order valence-electron chi connectivity index (χ2n) is 6.24. The summed E-state index contributed by atoms with van der Waals surface area (Å²) in [6.07, 6.45) is -7.59. The van der Waals surface area contributed by atoms with Crippen molar-refractivity contribution in [3.63, 3.8) is 0 Å². The lowest BCUT2D eigenvalue weighted by Gasteiger charge is -2.26. The first-order valence-electron chi connectivity index (χ1n) is 7.48. The summed E-state index contributed by atoms with van der Waals surface area (Å²) in [4.78, 5) is 11.9. The number of alkyl halides is 5. The molecule has 0 fully saturated rings. The number of halogens is 5. The Labute approximate surface area is 128 Å². The van der Waals surface area contributed by atoms with Gasteiger partial charge in [-0.25, -0.2) is 8.78 Å². The van der Waals surface area contributed by atoms with E-state index in [0.29, 0.717) is 19.3 Å². The van der Waals surface area contributed by atoms with E-state index in [1.54, 1.807) is 27.7 Å². The first-order valence-corrected chi connectivity index (χ1v) is 7.48. The molecule has 0 aliphatic rings. The largest absolute Gasteiger partial charge is 0.462 e. The van der Waals surface area contributed by atoms with Gasteiger partial charge in [0.1, 0.15) is 12.5 Å². The molecule has 0 heterocycles. The first-order chi connectivity index (χ1) is 9.83. The molecule has 0 aromatic heterocycles. The molecule has 0 aliphatic carbocycles. The molecule has 1 unspecified atom stereocenters. The van der Waals surface area contributed by atoms with Crippen molar-refractivity contribution in [2.75, 3.05) is 0 Å². The van der Waals surface area contributed by atoms with Gasteiger partial charge >= 0.3 is 12.1 Å². The molecule has 22 heavy (non-hydrogen) atoms. The van der Waals surface area contributed by atoms with Gasteiger partial charge in [0.25, 0.3) is 5.92 Å². The number of carbonyl (C=O) groups excluding carboxylic acids is 1. The maximum Gasteiger partial charge on any atom is 0.394 e. The van der Waals surface area contributed by atoms with Gasteiger partial charge in [0.15, 0.2) is 0 Å². The van der Waals surface area contributed by atoms with Crippen LogP contribution in [0.1, 0.15) is 66.2 Å². The van der Waals surface area contributed by atoms with E-state index >= 15 is 0 Å². The molecule has 2 nitrogen and oxygen atoms in total. The third kappa shape index (κ3) is 8.54. The number of carbonyl (C=O) groups is 1. The summed E-state index contributed by atoms with van der Waals surface area (Å²) in [5.41, 5.74) is -0.736. The van der Waals surface area contributed by atoms with Crippen molar-refractivity contribution in [2.45, 2.75) is 84.4 Å². The number of hydrogen-bond acceptors (Lipinski definition) is 2. The monoisotopic (exact) mass is 332 g/mol. The molecule has 0 spiro atoms. The average Bonchev–Trinajstić information content (AvgIpc) is 2.33. The molecule has 0 rings (SSSR count). The van der Waals surface area contributed by atoms with Gasteiger partial charge in [-0.3, -0.25) is 4.79 Å². The van der Waals surface area contributed by atoms with E-state index in [2.05, 4.69) is 0 Å². The minimum atomic E-state index is -4.91. The van der Waals surface area contributed by atoms with Crippen LogP contribution in [-0.2, 0) is 9.53 Å². The summed E-state index contributed by atoms with van der Waals surface area (Å²) in [7, 11) is 0. The molecule has 0 aliphatic heterocycles. The highest BCUT2D eigenvalue weighted by Crippen LogP contribution is 2.35. The Kier molecular flexibility index (Phi) is 7.78. The molecular weight excluding hydrogens is 307 g/mol. The van der Waals surface area contributed by atoms with Gasteiger partial charge in [0, 0.05) is 6.42 Å². The molecule has 1 atom stereocenters. The van der Waals surface area contributed by atoms with E-state index in [0.717, 1.165) is 0 Å². The van der Waals surface area contributed by atoms with Crippen LogP contribution in [0.5, 0.6) is 0 Å². The van der Waals surface area contributed by atoms with Gasteiger partial charge in [-0.1, -0.05) is 20.3 Å². The van der Waals surface area contributed by atoms with E-state index in [4.69, 9.17) is 4.74 Å². The molecule has 0 amide bonds. The second kappa shape index (κ2) is 8.11. The predicted octanol–water partition coefficient (Wildman–Crippen LogP) is 5.50. The molecule has 0 aromatic rings. The quantitative estimate of drug-likeness (QED) is 0.411. The summed E-state index contributed by atoms with van der Waals surface area (Å²) >= 11 is 0. The second-order valence-corrected chi connectivity index (χ2v) is 6.24. The lowest BCUT2D eigenvalue weighted by atomic mass is 9.90. The van der Waals surface area contributed by atoms with Crippen LogP contribution in [0.3, 0.4) is 0 Å². The standard InChI is InChI=1S/C15H25F5O2/c1-5-7-11(22-12(21)13(3,4)6-2)8-9-14(16,17)10-15(18,19)20/h11H,5-10H2,1-4H3. The molecule has 0 bridgehead atoms. The molecule has 7 heteroatoms. The first kappa shape index (κ1) is 21.1. The van der Waals surface area contributed by atoms with Crippen LogP contribution >= 0.6 is 0 Å². The average molecular weight is 332 g/mol. The Morgan fingerprint density at radius 3 is 2.00 bits per heavy atom. The minimum absolute atomic E-state index is 0.275. The van der Waals surface area contributed by atoms with Crippen molar-refractivity contribution in [3.8, 4) is 0 Å². The summed E-state index contributed by atoms with van der Waals surface area (Å²) in [6, 6.07) is 0. The van der Waals surface area contributed by atoms with Crippen LogP contribution in [0, 0.1) is 5.41 Å². The number of hydrogen-bond donors (Lipinski definition) is 0. The van der Waals surface area contributed by atoms with Gasteiger partial charge in [-0.2, -0.15) is 13.2 Å². The Morgan fingerprint density at radius 1 is 1.05 bits per heavy atom.